The molecule has 1 unspecified atom stereocenters. The van der Waals surface area contributed by atoms with Gasteiger partial charge in [0, 0.05) is 10.7 Å². The third-order valence-corrected chi connectivity index (χ3v) is 3.83. The maximum atomic E-state index is 13.2. The average Bonchev–Trinajstić information content (AvgIpc) is 2.31. The fourth-order valence-electron chi connectivity index (χ4n) is 1.45. The molecule has 1 rings (SSSR count). The van der Waals surface area contributed by atoms with Crippen LogP contribution >= 0.6 is 10.7 Å². The Hall–Kier alpha value is -0.880. The summed E-state index contributed by atoms with van der Waals surface area (Å²) in [5.41, 5.74) is 0. The molecule has 0 heterocycles. The van der Waals surface area contributed by atoms with Crippen LogP contribution in [-0.2, 0) is 9.05 Å². The predicted molar refractivity (Wildman–Crippen MR) is 69.9 cm³/mol. The maximum Gasteiger partial charge on any atom is 0.232 e. The third-order valence-electron chi connectivity index (χ3n) is 2.64. The Bertz CT molecular complexity index is 520. The lowest BCUT2D eigenvalue weighted by molar-refractivity contribution is 0.266. The topological polar surface area (TPSA) is 43.4 Å². The fraction of sp³-hybridized carbons (Fsp3) is 0.500. The van der Waals surface area contributed by atoms with Gasteiger partial charge in [-0.3, -0.25) is 0 Å². The van der Waals surface area contributed by atoms with Crippen LogP contribution < -0.4 is 4.74 Å². The smallest absolute Gasteiger partial charge is 0.232 e. The second-order valence-corrected chi connectivity index (χ2v) is 7.22. The summed E-state index contributed by atoms with van der Waals surface area (Å²) in [7, 11) is 1.61. The van der Waals surface area contributed by atoms with Gasteiger partial charge in [-0.2, -0.15) is 4.39 Å². The van der Waals surface area contributed by atoms with E-state index in [0.717, 1.165) is 6.07 Å². The number of hydrogen-bond donors (Lipinski definition) is 0. The summed E-state index contributed by atoms with van der Waals surface area (Å²) in [4.78, 5) is 0. The molecule has 0 saturated carbocycles. The van der Waals surface area contributed by atoms with Gasteiger partial charge in [-0.25, -0.2) is 12.8 Å². The first-order valence-corrected chi connectivity index (χ1v) is 8.26. The van der Waals surface area contributed by atoms with Crippen molar-refractivity contribution >= 4 is 19.7 Å². The summed E-state index contributed by atoms with van der Waals surface area (Å²) >= 11 is 0. The lowest BCUT2D eigenvalue weighted by atomic mass is 10.1. The third kappa shape index (κ3) is 6.20. The minimum Gasteiger partial charge on any atom is -0.490 e. The SMILES string of the molecule is CC(CCOc1cccc(F)c1F)CCS(=O)(=O)Cl. The van der Waals surface area contributed by atoms with Crippen LogP contribution in [0.15, 0.2) is 18.2 Å². The highest BCUT2D eigenvalue weighted by molar-refractivity contribution is 8.13. The van der Waals surface area contributed by atoms with E-state index in [-0.39, 0.29) is 24.0 Å². The first kappa shape index (κ1) is 16.2. The molecule has 19 heavy (non-hydrogen) atoms. The molecule has 0 aliphatic rings. The summed E-state index contributed by atoms with van der Waals surface area (Å²) < 4.78 is 52.7. The molecule has 108 valence electrons. The summed E-state index contributed by atoms with van der Waals surface area (Å²) in [6, 6.07) is 3.71. The number of ether oxygens (including phenoxy) is 1. The van der Waals surface area contributed by atoms with Gasteiger partial charge < -0.3 is 4.74 Å². The number of rotatable bonds is 7. The molecule has 1 atom stereocenters. The van der Waals surface area contributed by atoms with Crippen LogP contribution in [0.5, 0.6) is 5.75 Å². The Kier molecular flexibility index (Phi) is 6.00. The molecule has 0 aliphatic heterocycles. The molecule has 7 heteroatoms. The molecule has 3 nitrogen and oxygen atoms in total. The number of halogens is 3. The minimum absolute atomic E-state index is 0.0603. The highest BCUT2D eigenvalue weighted by Crippen LogP contribution is 2.20. The van der Waals surface area contributed by atoms with Crippen molar-refractivity contribution < 1.29 is 21.9 Å². The minimum atomic E-state index is -3.49. The summed E-state index contributed by atoms with van der Waals surface area (Å²) in [5, 5.41) is 0. The molecular weight excluding hydrogens is 298 g/mol. The predicted octanol–water partition coefficient (Wildman–Crippen LogP) is 3.33. The molecule has 0 fully saturated rings. The molecule has 0 amide bonds. The van der Waals surface area contributed by atoms with Crippen molar-refractivity contribution in [3.05, 3.63) is 29.8 Å². The quantitative estimate of drug-likeness (QED) is 0.725. The van der Waals surface area contributed by atoms with Gasteiger partial charge in [0.1, 0.15) is 0 Å². The maximum absolute atomic E-state index is 13.2. The van der Waals surface area contributed by atoms with E-state index in [1.54, 1.807) is 0 Å². The molecule has 0 N–H and O–H groups in total. The molecular formula is C12H15ClF2O3S. The molecule has 1 aromatic rings. The van der Waals surface area contributed by atoms with Crippen molar-refractivity contribution in [2.75, 3.05) is 12.4 Å². The Morgan fingerprint density at radius 2 is 2.00 bits per heavy atom. The van der Waals surface area contributed by atoms with E-state index in [1.165, 1.54) is 12.1 Å². The van der Waals surface area contributed by atoms with Gasteiger partial charge >= 0.3 is 0 Å². The van der Waals surface area contributed by atoms with E-state index in [0.29, 0.717) is 12.8 Å². The zero-order valence-corrected chi connectivity index (χ0v) is 12.0. The normalized spacial score (nSPS) is 13.3. The zero-order valence-electron chi connectivity index (χ0n) is 10.4. The lowest BCUT2D eigenvalue weighted by Crippen LogP contribution is -2.09. The summed E-state index contributed by atoms with van der Waals surface area (Å²) in [6.07, 6.45) is 0.934. The van der Waals surface area contributed by atoms with Gasteiger partial charge in [0.25, 0.3) is 0 Å². The van der Waals surface area contributed by atoms with E-state index < -0.39 is 20.7 Å². The van der Waals surface area contributed by atoms with E-state index >= 15 is 0 Å². The van der Waals surface area contributed by atoms with Crippen LogP contribution in [0.4, 0.5) is 8.78 Å². The van der Waals surface area contributed by atoms with E-state index in [2.05, 4.69) is 0 Å². The van der Waals surface area contributed by atoms with Crippen LogP contribution in [-0.4, -0.2) is 20.8 Å². The zero-order chi connectivity index (χ0) is 14.5. The van der Waals surface area contributed by atoms with Crippen LogP contribution in [0.2, 0.25) is 0 Å². The fourth-order valence-corrected chi connectivity index (χ4v) is 2.40. The van der Waals surface area contributed by atoms with Crippen molar-refractivity contribution in [2.45, 2.75) is 19.8 Å². The van der Waals surface area contributed by atoms with Crippen LogP contribution in [0.1, 0.15) is 19.8 Å². The van der Waals surface area contributed by atoms with Crippen LogP contribution in [0, 0.1) is 17.6 Å². The van der Waals surface area contributed by atoms with E-state index in [1.807, 2.05) is 6.92 Å². The molecule has 0 aromatic heterocycles. The highest BCUT2D eigenvalue weighted by atomic mass is 35.7. The first-order valence-electron chi connectivity index (χ1n) is 5.78. The highest BCUT2D eigenvalue weighted by Gasteiger charge is 2.11. The number of benzene rings is 1. The van der Waals surface area contributed by atoms with Crippen molar-refractivity contribution in [3.63, 3.8) is 0 Å². The van der Waals surface area contributed by atoms with Gasteiger partial charge in [0.05, 0.1) is 12.4 Å². The molecule has 0 saturated heterocycles. The van der Waals surface area contributed by atoms with Crippen LogP contribution in [0.25, 0.3) is 0 Å². The molecule has 0 spiro atoms. The summed E-state index contributed by atoms with van der Waals surface area (Å²) in [6.45, 7) is 2.03. The Morgan fingerprint density at radius 1 is 1.32 bits per heavy atom. The van der Waals surface area contributed by atoms with Crippen molar-refractivity contribution in [1.29, 1.82) is 0 Å². The lowest BCUT2D eigenvalue weighted by Gasteiger charge is -2.12. The number of hydrogen-bond acceptors (Lipinski definition) is 3. The Balaban J connectivity index is 2.36. The van der Waals surface area contributed by atoms with Gasteiger partial charge in [-0.1, -0.05) is 13.0 Å². The van der Waals surface area contributed by atoms with E-state index in [4.69, 9.17) is 15.4 Å². The largest absolute Gasteiger partial charge is 0.490 e. The van der Waals surface area contributed by atoms with E-state index in [9.17, 15) is 17.2 Å². The molecule has 0 radical (unpaired) electrons. The van der Waals surface area contributed by atoms with Gasteiger partial charge in [0.2, 0.25) is 14.9 Å². The van der Waals surface area contributed by atoms with Gasteiger partial charge in [0.15, 0.2) is 11.6 Å². The summed E-state index contributed by atoms with van der Waals surface area (Å²) in [5.74, 6) is -2.16. The van der Waals surface area contributed by atoms with Crippen molar-refractivity contribution in [2.24, 2.45) is 5.92 Å². The van der Waals surface area contributed by atoms with Gasteiger partial charge in [-0.05, 0) is 30.9 Å². The first-order chi connectivity index (χ1) is 8.79. The molecule has 0 aliphatic carbocycles. The van der Waals surface area contributed by atoms with Gasteiger partial charge in [-0.15, -0.1) is 0 Å². The Morgan fingerprint density at radius 3 is 2.63 bits per heavy atom. The second kappa shape index (κ2) is 7.05. The van der Waals surface area contributed by atoms with Crippen molar-refractivity contribution in [1.82, 2.24) is 0 Å². The second-order valence-electron chi connectivity index (χ2n) is 4.33. The standard InChI is InChI=1S/C12H15ClF2O3S/c1-9(6-8-19(13,16)17)5-7-18-11-4-2-3-10(14)12(11)15/h2-4,9H,5-8H2,1H3. The average molecular weight is 313 g/mol. The Labute approximate surface area is 115 Å². The van der Waals surface area contributed by atoms with Crippen LogP contribution in [0.3, 0.4) is 0 Å². The molecule has 0 bridgehead atoms. The molecule has 1 aromatic carbocycles. The van der Waals surface area contributed by atoms with Crippen molar-refractivity contribution in [3.8, 4) is 5.75 Å². The monoisotopic (exact) mass is 312 g/mol.